The molecule has 0 atom stereocenters. The molecule has 2 N–H and O–H groups in total. The first-order valence-electron chi connectivity index (χ1n) is 5.46. The van der Waals surface area contributed by atoms with Gasteiger partial charge < -0.3 is 10.6 Å². The zero-order valence-corrected chi connectivity index (χ0v) is 10.8. The number of nitrogen functional groups attached to an aromatic ring is 1. The van der Waals surface area contributed by atoms with Crippen LogP contribution in [-0.4, -0.2) is 33.6 Å². The number of hydrogen-bond donors (Lipinski definition) is 1. The molecule has 0 unspecified atom stereocenters. The van der Waals surface area contributed by atoms with Gasteiger partial charge in [-0.2, -0.15) is 16.7 Å². The lowest BCUT2D eigenvalue weighted by Crippen LogP contribution is -2.43. The average Bonchev–Trinajstić information content (AvgIpc) is 2.20. The van der Waals surface area contributed by atoms with Crippen LogP contribution >= 0.6 is 11.8 Å². The van der Waals surface area contributed by atoms with Crippen LogP contribution in [-0.2, 0) is 0 Å². The van der Waals surface area contributed by atoms with Gasteiger partial charge in [0, 0.05) is 35.3 Å². The van der Waals surface area contributed by atoms with Crippen LogP contribution in [0.4, 0.5) is 11.8 Å². The maximum Gasteiger partial charge on any atom is 0.221 e. The summed E-state index contributed by atoms with van der Waals surface area (Å²) in [6, 6.07) is 0. The van der Waals surface area contributed by atoms with Crippen LogP contribution in [0.1, 0.15) is 19.4 Å². The minimum Gasteiger partial charge on any atom is -0.368 e. The zero-order chi connectivity index (χ0) is 11.8. The second-order valence-corrected chi connectivity index (χ2v) is 6.57. The molecule has 5 heteroatoms. The van der Waals surface area contributed by atoms with E-state index in [9.17, 15) is 0 Å². The number of nitrogens with two attached hydrogens (primary N) is 1. The standard InChI is InChI=1S/C11H18N4S/c1-8-6-13-10(12)14-9(8)15-4-5-16-11(2,3)7-15/h6H,4-5,7H2,1-3H3,(H2,12,13,14). The molecule has 0 radical (unpaired) electrons. The van der Waals surface area contributed by atoms with E-state index in [0.717, 1.165) is 30.2 Å². The van der Waals surface area contributed by atoms with Crippen LogP contribution in [0.2, 0.25) is 0 Å². The van der Waals surface area contributed by atoms with E-state index in [1.165, 1.54) is 0 Å². The summed E-state index contributed by atoms with van der Waals surface area (Å²) in [4.78, 5) is 10.7. The van der Waals surface area contributed by atoms with Crippen molar-refractivity contribution >= 4 is 23.5 Å². The molecular formula is C11H18N4S. The molecule has 2 rings (SSSR count). The third-order valence-corrected chi connectivity index (χ3v) is 3.99. The van der Waals surface area contributed by atoms with E-state index in [4.69, 9.17) is 5.73 Å². The summed E-state index contributed by atoms with van der Waals surface area (Å²) in [6.45, 7) is 8.61. The van der Waals surface area contributed by atoms with Gasteiger partial charge in [0.05, 0.1) is 0 Å². The Hall–Kier alpha value is -0.970. The van der Waals surface area contributed by atoms with Crippen LogP contribution < -0.4 is 10.6 Å². The Morgan fingerprint density at radius 3 is 2.94 bits per heavy atom. The fourth-order valence-electron chi connectivity index (χ4n) is 1.96. The molecule has 88 valence electrons. The number of aromatic nitrogens is 2. The summed E-state index contributed by atoms with van der Waals surface area (Å²) in [5, 5.41) is 0. The highest BCUT2D eigenvalue weighted by molar-refractivity contribution is 8.00. The van der Waals surface area contributed by atoms with Crippen LogP contribution in [0, 0.1) is 6.92 Å². The van der Waals surface area contributed by atoms with Crippen molar-refractivity contribution in [2.24, 2.45) is 0 Å². The van der Waals surface area contributed by atoms with Crippen molar-refractivity contribution in [1.29, 1.82) is 0 Å². The van der Waals surface area contributed by atoms with Crippen LogP contribution in [0.5, 0.6) is 0 Å². The maximum absolute atomic E-state index is 5.65. The third-order valence-electron chi connectivity index (χ3n) is 2.69. The Morgan fingerprint density at radius 2 is 2.25 bits per heavy atom. The number of aryl methyl sites for hydroxylation is 1. The van der Waals surface area contributed by atoms with Crippen molar-refractivity contribution < 1.29 is 0 Å². The quantitative estimate of drug-likeness (QED) is 0.807. The summed E-state index contributed by atoms with van der Waals surface area (Å²) < 4.78 is 0.282. The van der Waals surface area contributed by atoms with Crippen LogP contribution in [0.25, 0.3) is 0 Å². The summed E-state index contributed by atoms with van der Waals surface area (Å²) in [7, 11) is 0. The molecule has 1 fully saturated rings. The normalized spacial score (nSPS) is 19.8. The van der Waals surface area contributed by atoms with Crippen molar-refractivity contribution in [3.63, 3.8) is 0 Å². The lowest BCUT2D eigenvalue weighted by atomic mass is 10.1. The number of hydrogen-bond acceptors (Lipinski definition) is 5. The first kappa shape index (κ1) is 11.5. The third kappa shape index (κ3) is 2.40. The van der Waals surface area contributed by atoms with Crippen molar-refractivity contribution in [2.45, 2.75) is 25.5 Å². The average molecular weight is 238 g/mol. The molecule has 1 aromatic heterocycles. The first-order chi connectivity index (χ1) is 7.48. The van der Waals surface area contributed by atoms with Crippen molar-refractivity contribution in [2.75, 3.05) is 29.5 Å². The molecule has 0 saturated carbocycles. The van der Waals surface area contributed by atoms with Gasteiger partial charge in [0.25, 0.3) is 0 Å². The minimum absolute atomic E-state index is 0.282. The molecule has 0 spiro atoms. The Labute approximate surface area is 101 Å². The van der Waals surface area contributed by atoms with Gasteiger partial charge in [0.1, 0.15) is 5.82 Å². The predicted molar refractivity (Wildman–Crippen MR) is 69.9 cm³/mol. The Bertz CT molecular complexity index is 392. The Balaban J connectivity index is 2.26. The smallest absolute Gasteiger partial charge is 0.221 e. The first-order valence-corrected chi connectivity index (χ1v) is 6.44. The van der Waals surface area contributed by atoms with E-state index in [-0.39, 0.29) is 4.75 Å². The van der Waals surface area contributed by atoms with E-state index in [0.29, 0.717) is 5.95 Å². The second kappa shape index (κ2) is 4.13. The Morgan fingerprint density at radius 1 is 1.50 bits per heavy atom. The van der Waals surface area contributed by atoms with Gasteiger partial charge in [0.15, 0.2) is 0 Å². The molecule has 1 saturated heterocycles. The SMILES string of the molecule is Cc1cnc(N)nc1N1CCSC(C)(C)C1. The van der Waals surface area contributed by atoms with Crippen LogP contribution in [0.15, 0.2) is 6.20 Å². The number of anilines is 2. The molecule has 4 nitrogen and oxygen atoms in total. The maximum atomic E-state index is 5.65. The lowest BCUT2D eigenvalue weighted by Gasteiger charge is -2.38. The molecule has 0 amide bonds. The van der Waals surface area contributed by atoms with E-state index in [2.05, 4.69) is 28.7 Å². The van der Waals surface area contributed by atoms with Gasteiger partial charge in [0.2, 0.25) is 5.95 Å². The second-order valence-electron chi connectivity index (χ2n) is 4.76. The highest BCUT2D eigenvalue weighted by Gasteiger charge is 2.28. The van der Waals surface area contributed by atoms with Gasteiger partial charge in [-0.25, -0.2) is 4.98 Å². The van der Waals surface area contributed by atoms with Gasteiger partial charge in [-0.05, 0) is 20.8 Å². The predicted octanol–water partition coefficient (Wildman–Crippen LogP) is 1.70. The summed E-state index contributed by atoms with van der Waals surface area (Å²) >= 11 is 2.01. The molecule has 1 aliphatic rings. The van der Waals surface area contributed by atoms with E-state index >= 15 is 0 Å². The highest BCUT2D eigenvalue weighted by atomic mass is 32.2. The van der Waals surface area contributed by atoms with Gasteiger partial charge in [-0.3, -0.25) is 0 Å². The number of rotatable bonds is 1. The zero-order valence-electron chi connectivity index (χ0n) is 10.0. The fraction of sp³-hybridized carbons (Fsp3) is 0.636. The van der Waals surface area contributed by atoms with Gasteiger partial charge in [-0.15, -0.1) is 0 Å². The molecule has 0 aromatic carbocycles. The van der Waals surface area contributed by atoms with E-state index < -0.39 is 0 Å². The summed E-state index contributed by atoms with van der Waals surface area (Å²) in [6.07, 6.45) is 1.80. The number of thioether (sulfide) groups is 1. The molecule has 0 bridgehead atoms. The lowest BCUT2D eigenvalue weighted by molar-refractivity contribution is 0.640. The largest absolute Gasteiger partial charge is 0.368 e. The highest BCUT2D eigenvalue weighted by Crippen LogP contribution is 2.32. The molecular weight excluding hydrogens is 220 g/mol. The molecule has 2 heterocycles. The van der Waals surface area contributed by atoms with E-state index in [1.807, 2.05) is 18.7 Å². The fourth-order valence-corrected chi connectivity index (χ4v) is 3.07. The van der Waals surface area contributed by atoms with E-state index in [1.54, 1.807) is 6.20 Å². The topological polar surface area (TPSA) is 55.0 Å². The van der Waals surface area contributed by atoms with Crippen LogP contribution in [0.3, 0.4) is 0 Å². The summed E-state index contributed by atoms with van der Waals surface area (Å²) in [5.41, 5.74) is 6.74. The molecule has 0 aliphatic carbocycles. The molecule has 1 aromatic rings. The number of nitrogens with zero attached hydrogens (tertiary/aromatic N) is 3. The van der Waals surface area contributed by atoms with Crippen molar-refractivity contribution in [3.05, 3.63) is 11.8 Å². The Kier molecular flexibility index (Phi) is 2.97. The monoisotopic (exact) mass is 238 g/mol. The minimum atomic E-state index is 0.282. The van der Waals surface area contributed by atoms with Crippen molar-refractivity contribution in [1.82, 2.24) is 9.97 Å². The van der Waals surface area contributed by atoms with Gasteiger partial charge in [-0.1, -0.05) is 0 Å². The summed E-state index contributed by atoms with van der Waals surface area (Å²) in [5.74, 6) is 2.48. The molecule has 1 aliphatic heterocycles. The van der Waals surface area contributed by atoms with Gasteiger partial charge >= 0.3 is 0 Å². The van der Waals surface area contributed by atoms with Crippen molar-refractivity contribution in [3.8, 4) is 0 Å². The molecule has 16 heavy (non-hydrogen) atoms.